The third kappa shape index (κ3) is 4.73. The number of hydrogen-bond acceptors (Lipinski definition) is 3. The van der Waals surface area contributed by atoms with E-state index in [0.717, 1.165) is 28.0 Å². The number of hydrazone groups is 1. The molecule has 2 rings (SSSR count). The van der Waals surface area contributed by atoms with Gasteiger partial charge in [-0.3, -0.25) is 4.79 Å². The monoisotopic (exact) mass is 364 g/mol. The number of rotatable bonds is 5. The number of ether oxygens (including phenoxy) is 1. The summed E-state index contributed by atoms with van der Waals surface area (Å²) in [5, 5.41) is 4.78. The van der Waals surface area contributed by atoms with Crippen LogP contribution in [0.4, 0.5) is 0 Å². The highest BCUT2D eigenvalue weighted by atomic mass is 35.5. The van der Waals surface area contributed by atoms with Crippen LogP contribution in [0.1, 0.15) is 22.3 Å². The van der Waals surface area contributed by atoms with E-state index in [-0.39, 0.29) is 12.5 Å². The smallest absolute Gasteiger partial charge is 0.277 e. The number of nitrogens with zero attached hydrogens (tertiary/aromatic N) is 1. The minimum Gasteiger partial charge on any atom is -0.483 e. The molecule has 1 amide bonds. The molecule has 0 saturated carbocycles. The van der Waals surface area contributed by atoms with E-state index in [0.29, 0.717) is 10.0 Å². The van der Waals surface area contributed by atoms with Crippen molar-refractivity contribution in [2.75, 3.05) is 6.61 Å². The van der Waals surface area contributed by atoms with E-state index >= 15 is 0 Å². The highest BCUT2D eigenvalue weighted by molar-refractivity contribution is 6.42. The number of aryl methyl sites for hydroxylation is 2. The van der Waals surface area contributed by atoms with Crippen molar-refractivity contribution < 1.29 is 9.53 Å². The van der Waals surface area contributed by atoms with Gasteiger partial charge in [0.2, 0.25) is 0 Å². The van der Waals surface area contributed by atoms with Crippen molar-refractivity contribution in [3.8, 4) is 5.75 Å². The van der Waals surface area contributed by atoms with Gasteiger partial charge in [0.1, 0.15) is 5.75 Å². The maximum Gasteiger partial charge on any atom is 0.277 e. The van der Waals surface area contributed by atoms with Gasteiger partial charge in [0.05, 0.1) is 16.3 Å². The molecule has 0 saturated heterocycles. The molecule has 0 aliphatic carbocycles. The maximum absolute atomic E-state index is 11.8. The summed E-state index contributed by atoms with van der Waals surface area (Å²) in [5.41, 5.74) is 6.29. The molecule has 126 valence electrons. The van der Waals surface area contributed by atoms with Gasteiger partial charge in [0.15, 0.2) is 6.61 Å². The zero-order valence-electron chi connectivity index (χ0n) is 13.7. The van der Waals surface area contributed by atoms with Crippen LogP contribution in [0.5, 0.6) is 5.75 Å². The first kappa shape index (κ1) is 18.3. The number of carbonyl (C=O) groups is 1. The van der Waals surface area contributed by atoms with Crippen molar-refractivity contribution in [3.63, 3.8) is 0 Å². The van der Waals surface area contributed by atoms with Crippen molar-refractivity contribution in [2.24, 2.45) is 5.10 Å². The molecule has 1 N–H and O–H groups in total. The Morgan fingerprint density at radius 3 is 2.54 bits per heavy atom. The van der Waals surface area contributed by atoms with Crippen LogP contribution in [-0.2, 0) is 4.79 Å². The van der Waals surface area contributed by atoms with Gasteiger partial charge >= 0.3 is 0 Å². The molecule has 24 heavy (non-hydrogen) atoms. The Morgan fingerprint density at radius 2 is 1.83 bits per heavy atom. The standard InChI is InChI=1S/C18H18Cl2N2O2/c1-11-4-5-12(2)18(13(11)3)24-10-17(23)22-21-9-14-6-7-15(19)16(20)8-14/h4-9H,10H2,1-3H3,(H,22,23)/b21-9-. The lowest BCUT2D eigenvalue weighted by molar-refractivity contribution is -0.123. The van der Waals surface area contributed by atoms with E-state index < -0.39 is 0 Å². The third-order valence-corrected chi connectivity index (χ3v) is 4.31. The van der Waals surface area contributed by atoms with Gasteiger partial charge in [-0.2, -0.15) is 5.10 Å². The van der Waals surface area contributed by atoms with Crippen molar-refractivity contribution in [1.29, 1.82) is 0 Å². The zero-order valence-corrected chi connectivity index (χ0v) is 15.2. The van der Waals surface area contributed by atoms with Crippen LogP contribution >= 0.6 is 23.2 Å². The Labute approximate surface area is 151 Å². The van der Waals surface area contributed by atoms with Gasteiger partial charge in [0, 0.05) is 0 Å². The van der Waals surface area contributed by atoms with Crippen molar-refractivity contribution in [1.82, 2.24) is 5.43 Å². The second-order valence-electron chi connectivity index (χ2n) is 5.41. The molecule has 0 aliphatic heterocycles. The van der Waals surface area contributed by atoms with Crippen LogP contribution in [0.2, 0.25) is 10.0 Å². The van der Waals surface area contributed by atoms with E-state index in [4.69, 9.17) is 27.9 Å². The molecule has 0 fully saturated rings. The lowest BCUT2D eigenvalue weighted by atomic mass is 10.1. The molecule has 0 heterocycles. The number of amides is 1. The van der Waals surface area contributed by atoms with Gasteiger partial charge in [0.25, 0.3) is 5.91 Å². The Kier molecular flexibility index (Phi) is 6.23. The van der Waals surface area contributed by atoms with E-state index in [9.17, 15) is 4.79 Å². The summed E-state index contributed by atoms with van der Waals surface area (Å²) in [5.74, 6) is 0.394. The first-order valence-electron chi connectivity index (χ1n) is 7.35. The van der Waals surface area contributed by atoms with Crippen LogP contribution in [-0.4, -0.2) is 18.7 Å². The molecule has 0 unspecified atom stereocenters. The molecule has 0 aliphatic rings. The van der Waals surface area contributed by atoms with E-state index in [1.54, 1.807) is 18.2 Å². The summed E-state index contributed by atoms with van der Waals surface area (Å²) in [6, 6.07) is 9.08. The number of halogens is 2. The van der Waals surface area contributed by atoms with Gasteiger partial charge in [-0.15, -0.1) is 0 Å². The Hall–Kier alpha value is -2.04. The van der Waals surface area contributed by atoms with Crippen LogP contribution in [0.3, 0.4) is 0 Å². The topological polar surface area (TPSA) is 50.7 Å². The third-order valence-electron chi connectivity index (χ3n) is 3.57. The Balaban J connectivity index is 1.91. The summed E-state index contributed by atoms with van der Waals surface area (Å²) in [7, 11) is 0. The fraction of sp³-hybridized carbons (Fsp3) is 0.222. The van der Waals surface area contributed by atoms with Crippen LogP contribution in [0, 0.1) is 20.8 Å². The van der Waals surface area contributed by atoms with Gasteiger partial charge < -0.3 is 4.74 Å². The van der Waals surface area contributed by atoms with E-state index in [1.807, 2.05) is 32.9 Å². The van der Waals surface area contributed by atoms with Crippen LogP contribution < -0.4 is 10.2 Å². The average molecular weight is 365 g/mol. The lowest BCUT2D eigenvalue weighted by Gasteiger charge is -2.13. The SMILES string of the molecule is Cc1ccc(C)c(OCC(=O)N/N=C\c2ccc(Cl)c(Cl)c2)c1C. The average Bonchev–Trinajstić information content (AvgIpc) is 2.54. The predicted molar refractivity (Wildman–Crippen MR) is 98.3 cm³/mol. The van der Waals surface area contributed by atoms with Crippen LogP contribution in [0.25, 0.3) is 0 Å². The first-order chi connectivity index (χ1) is 11.4. The molecule has 0 bridgehead atoms. The molecule has 2 aromatic carbocycles. The van der Waals surface area contributed by atoms with E-state index in [2.05, 4.69) is 10.5 Å². The molecular weight excluding hydrogens is 347 g/mol. The number of hydrogen-bond donors (Lipinski definition) is 1. The molecule has 0 spiro atoms. The number of carbonyl (C=O) groups excluding carboxylic acids is 1. The number of nitrogens with one attached hydrogen (secondary N) is 1. The van der Waals surface area contributed by atoms with Crippen molar-refractivity contribution in [3.05, 3.63) is 62.6 Å². The maximum atomic E-state index is 11.8. The molecule has 0 radical (unpaired) electrons. The Morgan fingerprint density at radius 1 is 1.12 bits per heavy atom. The van der Waals surface area contributed by atoms with Crippen LogP contribution in [0.15, 0.2) is 35.4 Å². The molecular formula is C18H18Cl2N2O2. The Bertz CT molecular complexity index is 789. The van der Waals surface area contributed by atoms with E-state index in [1.165, 1.54) is 6.21 Å². The normalized spacial score (nSPS) is 10.9. The summed E-state index contributed by atoms with van der Waals surface area (Å²) < 4.78 is 5.62. The summed E-state index contributed by atoms with van der Waals surface area (Å²) in [6.07, 6.45) is 1.49. The quantitative estimate of drug-likeness (QED) is 0.629. The summed E-state index contributed by atoms with van der Waals surface area (Å²) in [4.78, 5) is 11.8. The molecule has 2 aromatic rings. The van der Waals surface area contributed by atoms with Crippen molar-refractivity contribution >= 4 is 35.3 Å². The predicted octanol–water partition coefficient (Wildman–Crippen LogP) is 4.45. The molecule has 6 heteroatoms. The fourth-order valence-corrected chi connectivity index (χ4v) is 2.40. The largest absolute Gasteiger partial charge is 0.483 e. The van der Waals surface area contributed by atoms with Crippen molar-refractivity contribution in [2.45, 2.75) is 20.8 Å². The summed E-state index contributed by atoms with van der Waals surface area (Å²) in [6.45, 7) is 5.81. The molecule has 4 nitrogen and oxygen atoms in total. The minimum atomic E-state index is -0.341. The molecule has 0 aromatic heterocycles. The number of benzene rings is 2. The highest BCUT2D eigenvalue weighted by Crippen LogP contribution is 2.25. The van der Waals surface area contributed by atoms with Gasteiger partial charge in [-0.25, -0.2) is 5.43 Å². The second-order valence-corrected chi connectivity index (χ2v) is 6.22. The minimum absolute atomic E-state index is 0.107. The molecule has 0 atom stereocenters. The fourth-order valence-electron chi connectivity index (χ4n) is 2.09. The van der Waals surface area contributed by atoms with Gasteiger partial charge in [-0.05, 0) is 55.2 Å². The first-order valence-corrected chi connectivity index (χ1v) is 8.10. The highest BCUT2D eigenvalue weighted by Gasteiger charge is 2.08. The second kappa shape index (κ2) is 8.18. The summed E-state index contributed by atoms with van der Waals surface area (Å²) >= 11 is 11.8. The zero-order chi connectivity index (χ0) is 17.7. The van der Waals surface area contributed by atoms with Gasteiger partial charge in [-0.1, -0.05) is 41.4 Å². The lowest BCUT2D eigenvalue weighted by Crippen LogP contribution is -2.25.